The summed E-state index contributed by atoms with van der Waals surface area (Å²) in [6.45, 7) is 2.23. The van der Waals surface area contributed by atoms with Crippen molar-refractivity contribution in [1.29, 1.82) is 0 Å². The van der Waals surface area contributed by atoms with Gasteiger partial charge in [0.15, 0.2) is 0 Å². The Bertz CT molecular complexity index is 211. The molecule has 0 atom stereocenters. The van der Waals surface area contributed by atoms with Crippen LogP contribution in [0.2, 0.25) is 0 Å². The fourth-order valence-corrected chi connectivity index (χ4v) is 4.65. The standard InChI is InChI=1S/C12H17O2/c13-8-14-7-12-4-9-1-10(5-12)3-11(2-9)6-12/h9-11H,1-7H2. The summed E-state index contributed by atoms with van der Waals surface area (Å²) >= 11 is 0. The van der Waals surface area contributed by atoms with Crippen molar-refractivity contribution in [2.75, 3.05) is 6.61 Å². The lowest BCUT2D eigenvalue weighted by Gasteiger charge is -2.56. The molecule has 1 radical (unpaired) electrons. The normalized spacial score (nSPS) is 49.3. The van der Waals surface area contributed by atoms with Crippen LogP contribution in [0.15, 0.2) is 0 Å². The summed E-state index contributed by atoms with van der Waals surface area (Å²) in [5.74, 6) is 2.82. The summed E-state index contributed by atoms with van der Waals surface area (Å²) in [7, 11) is 0. The van der Waals surface area contributed by atoms with E-state index in [0.29, 0.717) is 12.0 Å². The van der Waals surface area contributed by atoms with E-state index in [-0.39, 0.29) is 0 Å². The minimum absolute atomic E-state index is 0.367. The van der Waals surface area contributed by atoms with Gasteiger partial charge in [-0.1, -0.05) is 0 Å². The fourth-order valence-electron chi connectivity index (χ4n) is 4.65. The molecule has 2 nitrogen and oxygen atoms in total. The van der Waals surface area contributed by atoms with E-state index in [2.05, 4.69) is 0 Å². The molecule has 0 unspecified atom stereocenters. The molecule has 0 aromatic heterocycles. The van der Waals surface area contributed by atoms with Crippen LogP contribution in [0.25, 0.3) is 0 Å². The average molecular weight is 193 g/mol. The molecule has 2 heteroatoms. The first-order valence-corrected chi connectivity index (χ1v) is 5.79. The lowest BCUT2D eigenvalue weighted by atomic mass is 9.50. The summed E-state index contributed by atoms with van der Waals surface area (Å²) in [6.07, 6.45) is 8.26. The molecule has 77 valence electrons. The largest absolute Gasteiger partial charge is 0.457 e. The van der Waals surface area contributed by atoms with Gasteiger partial charge in [-0.2, -0.15) is 0 Å². The predicted octanol–water partition coefficient (Wildman–Crippen LogP) is 2.29. The van der Waals surface area contributed by atoms with Gasteiger partial charge in [0.2, 0.25) is 0 Å². The summed E-state index contributed by atoms with van der Waals surface area (Å²) in [4.78, 5) is 10.2. The van der Waals surface area contributed by atoms with E-state index in [1.54, 1.807) is 6.47 Å². The third-order valence-corrected chi connectivity index (χ3v) is 4.60. The zero-order valence-electron chi connectivity index (χ0n) is 8.50. The second-order valence-electron chi connectivity index (χ2n) is 5.79. The molecule has 0 aromatic carbocycles. The first-order chi connectivity index (χ1) is 6.80. The minimum Gasteiger partial charge on any atom is -0.457 e. The Balaban J connectivity index is 1.77. The Morgan fingerprint density at radius 1 is 1.07 bits per heavy atom. The van der Waals surface area contributed by atoms with Gasteiger partial charge in [-0.25, -0.2) is 4.79 Å². The third-order valence-electron chi connectivity index (χ3n) is 4.60. The highest BCUT2D eigenvalue weighted by atomic mass is 16.5. The molecule has 0 aromatic rings. The first-order valence-electron chi connectivity index (χ1n) is 5.79. The van der Waals surface area contributed by atoms with Crippen molar-refractivity contribution in [1.82, 2.24) is 0 Å². The molecule has 14 heavy (non-hydrogen) atoms. The third kappa shape index (κ3) is 1.27. The molecule has 4 rings (SSSR count). The number of hydrogen-bond donors (Lipinski definition) is 0. The maximum Gasteiger partial charge on any atom is 0.417 e. The highest BCUT2D eigenvalue weighted by Gasteiger charge is 2.51. The summed E-state index contributed by atoms with van der Waals surface area (Å²) in [5.41, 5.74) is 0.367. The predicted molar refractivity (Wildman–Crippen MR) is 52.3 cm³/mol. The van der Waals surface area contributed by atoms with Crippen molar-refractivity contribution >= 4 is 6.47 Å². The Morgan fingerprint density at radius 2 is 1.57 bits per heavy atom. The Labute approximate surface area is 85.0 Å². The van der Waals surface area contributed by atoms with Crippen LogP contribution in [0, 0.1) is 23.2 Å². The van der Waals surface area contributed by atoms with Crippen LogP contribution in [0.5, 0.6) is 0 Å². The van der Waals surface area contributed by atoms with Crippen LogP contribution < -0.4 is 0 Å². The number of ether oxygens (including phenoxy) is 1. The molecule has 0 saturated heterocycles. The highest BCUT2D eigenvalue weighted by Crippen LogP contribution is 2.59. The molecule has 0 N–H and O–H groups in total. The zero-order chi connectivity index (χ0) is 9.60. The fraction of sp³-hybridized carbons (Fsp3) is 0.917. The van der Waals surface area contributed by atoms with Crippen LogP contribution in [0.4, 0.5) is 0 Å². The van der Waals surface area contributed by atoms with Gasteiger partial charge in [0.25, 0.3) is 0 Å². The van der Waals surface area contributed by atoms with Crippen LogP contribution in [0.3, 0.4) is 0 Å². The molecular formula is C12H17O2. The van der Waals surface area contributed by atoms with Crippen molar-refractivity contribution in [2.24, 2.45) is 23.2 Å². The number of rotatable bonds is 3. The van der Waals surface area contributed by atoms with Crippen molar-refractivity contribution in [3.05, 3.63) is 0 Å². The van der Waals surface area contributed by atoms with E-state index < -0.39 is 0 Å². The minimum atomic E-state index is 0.367. The SMILES string of the molecule is O=[C]OCC12CC3CC(CC(C3)C1)C2. The number of carbonyl (C=O) groups excluding carboxylic acids is 1. The van der Waals surface area contributed by atoms with E-state index in [1.807, 2.05) is 0 Å². The molecule has 4 bridgehead atoms. The van der Waals surface area contributed by atoms with Crippen LogP contribution in [0.1, 0.15) is 38.5 Å². The Morgan fingerprint density at radius 3 is 2.00 bits per heavy atom. The topological polar surface area (TPSA) is 26.3 Å². The van der Waals surface area contributed by atoms with E-state index in [0.717, 1.165) is 17.8 Å². The van der Waals surface area contributed by atoms with Gasteiger partial charge in [-0.3, -0.25) is 0 Å². The van der Waals surface area contributed by atoms with E-state index >= 15 is 0 Å². The Kier molecular flexibility index (Phi) is 1.86. The summed E-state index contributed by atoms with van der Waals surface area (Å²) in [5, 5.41) is 0. The van der Waals surface area contributed by atoms with Crippen molar-refractivity contribution < 1.29 is 9.53 Å². The molecule has 0 aliphatic heterocycles. The monoisotopic (exact) mass is 193 g/mol. The molecule has 4 fully saturated rings. The van der Waals surface area contributed by atoms with Crippen LogP contribution in [-0.2, 0) is 9.53 Å². The van der Waals surface area contributed by atoms with E-state index in [9.17, 15) is 4.79 Å². The molecule has 0 spiro atoms. The lowest BCUT2D eigenvalue weighted by Crippen LogP contribution is -2.48. The molecule has 4 saturated carbocycles. The van der Waals surface area contributed by atoms with Gasteiger partial charge in [0, 0.05) is 5.41 Å². The molecular weight excluding hydrogens is 176 g/mol. The van der Waals surface area contributed by atoms with Gasteiger partial charge in [-0.15, -0.1) is 0 Å². The summed E-state index contributed by atoms with van der Waals surface area (Å²) < 4.78 is 4.91. The molecule has 0 heterocycles. The highest BCUT2D eigenvalue weighted by molar-refractivity contribution is 5.38. The van der Waals surface area contributed by atoms with Gasteiger partial charge in [-0.05, 0) is 56.3 Å². The number of hydrogen-bond acceptors (Lipinski definition) is 2. The second kappa shape index (κ2) is 2.98. The average Bonchev–Trinajstić information content (AvgIpc) is 2.12. The van der Waals surface area contributed by atoms with Gasteiger partial charge in [0.1, 0.15) is 0 Å². The van der Waals surface area contributed by atoms with Crippen LogP contribution >= 0.6 is 0 Å². The van der Waals surface area contributed by atoms with Crippen molar-refractivity contribution in [3.63, 3.8) is 0 Å². The van der Waals surface area contributed by atoms with Crippen molar-refractivity contribution in [2.45, 2.75) is 38.5 Å². The Hall–Kier alpha value is -0.530. The molecule has 0 amide bonds. The van der Waals surface area contributed by atoms with Gasteiger partial charge >= 0.3 is 6.47 Å². The maximum absolute atomic E-state index is 10.2. The van der Waals surface area contributed by atoms with Gasteiger partial charge < -0.3 is 4.74 Å². The molecule has 4 aliphatic rings. The smallest absolute Gasteiger partial charge is 0.417 e. The van der Waals surface area contributed by atoms with Gasteiger partial charge in [0.05, 0.1) is 6.61 Å². The second-order valence-corrected chi connectivity index (χ2v) is 5.79. The quantitative estimate of drug-likeness (QED) is 0.687. The van der Waals surface area contributed by atoms with Crippen molar-refractivity contribution in [3.8, 4) is 0 Å². The lowest BCUT2D eigenvalue weighted by molar-refractivity contribution is -0.0771. The summed E-state index contributed by atoms with van der Waals surface area (Å²) in [6, 6.07) is 0. The first kappa shape index (κ1) is 8.75. The zero-order valence-corrected chi connectivity index (χ0v) is 8.50. The molecule has 4 aliphatic carbocycles. The van der Waals surface area contributed by atoms with Crippen LogP contribution in [-0.4, -0.2) is 13.1 Å². The van der Waals surface area contributed by atoms with E-state index in [1.165, 1.54) is 38.5 Å². The van der Waals surface area contributed by atoms with E-state index in [4.69, 9.17) is 4.74 Å². The maximum atomic E-state index is 10.2.